The number of halogens is 5. The van der Waals surface area contributed by atoms with Gasteiger partial charge in [0.25, 0.3) is 11.6 Å². The Labute approximate surface area is 182 Å². The molecule has 1 heterocycles. The SMILES string of the molecule is Cn1nc(C(=O)Nc2cc(Oc3ccc(Cl)cc3)cc([N+](=O)[O-])c2)c(Cl)c1C(F)(F)F. The number of carbonyl (C=O) groups excluding carboxylic acids is 1. The summed E-state index contributed by atoms with van der Waals surface area (Å²) in [6.07, 6.45) is -4.83. The van der Waals surface area contributed by atoms with Crippen LogP contribution in [0.5, 0.6) is 11.5 Å². The van der Waals surface area contributed by atoms with Gasteiger partial charge in [-0.1, -0.05) is 23.2 Å². The van der Waals surface area contributed by atoms with E-state index in [4.69, 9.17) is 27.9 Å². The lowest BCUT2D eigenvalue weighted by Crippen LogP contribution is -2.13. The molecule has 0 bridgehead atoms. The maximum atomic E-state index is 13.1. The van der Waals surface area contributed by atoms with Crippen molar-refractivity contribution in [3.8, 4) is 11.5 Å². The van der Waals surface area contributed by atoms with Crippen LogP contribution in [0.25, 0.3) is 0 Å². The van der Waals surface area contributed by atoms with Crippen molar-refractivity contribution >= 4 is 40.5 Å². The molecule has 0 atom stereocenters. The molecule has 0 saturated heterocycles. The number of nitrogens with zero attached hydrogens (tertiary/aromatic N) is 3. The largest absolute Gasteiger partial charge is 0.457 e. The summed E-state index contributed by atoms with van der Waals surface area (Å²) in [6.45, 7) is 0. The summed E-state index contributed by atoms with van der Waals surface area (Å²) in [5.74, 6) is -0.784. The molecule has 0 saturated carbocycles. The van der Waals surface area contributed by atoms with Gasteiger partial charge < -0.3 is 10.1 Å². The number of nitrogens with one attached hydrogen (secondary N) is 1. The fourth-order valence-electron chi connectivity index (χ4n) is 2.60. The van der Waals surface area contributed by atoms with Gasteiger partial charge in [-0.15, -0.1) is 0 Å². The number of aromatic nitrogens is 2. The van der Waals surface area contributed by atoms with E-state index < -0.39 is 39.1 Å². The van der Waals surface area contributed by atoms with Gasteiger partial charge in [-0.2, -0.15) is 18.3 Å². The van der Waals surface area contributed by atoms with Crippen LogP contribution in [0.2, 0.25) is 10.0 Å². The molecular weight excluding hydrogens is 464 g/mol. The highest BCUT2D eigenvalue weighted by Crippen LogP contribution is 2.36. The number of carbonyl (C=O) groups is 1. The van der Waals surface area contributed by atoms with Crippen molar-refractivity contribution in [1.29, 1.82) is 0 Å². The molecule has 0 unspecified atom stereocenters. The maximum absolute atomic E-state index is 13.1. The summed E-state index contributed by atoms with van der Waals surface area (Å²) in [6, 6.07) is 9.49. The molecule has 2 aromatic carbocycles. The van der Waals surface area contributed by atoms with Gasteiger partial charge in [-0.05, 0) is 24.3 Å². The van der Waals surface area contributed by atoms with Crippen LogP contribution < -0.4 is 10.1 Å². The molecule has 0 spiro atoms. The van der Waals surface area contributed by atoms with Crippen molar-refractivity contribution in [2.45, 2.75) is 6.18 Å². The number of alkyl halides is 3. The van der Waals surface area contributed by atoms with Crippen molar-refractivity contribution in [3.63, 3.8) is 0 Å². The standard InChI is InChI=1S/C18H11Cl2F3N4O4/c1-26-16(18(21,22)23)14(20)15(25-26)17(28)24-10-6-11(27(29)30)8-13(7-10)31-12-4-2-9(19)3-5-12/h2-8H,1H3,(H,24,28). The fourth-order valence-corrected chi connectivity index (χ4v) is 3.08. The number of nitro groups is 1. The molecule has 1 amide bonds. The Morgan fingerprint density at radius 2 is 1.81 bits per heavy atom. The highest BCUT2D eigenvalue weighted by atomic mass is 35.5. The minimum Gasteiger partial charge on any atom is -0.457 e. The molecule has 3 rings (SSSR count). The van der Waals surface area contributed by atoms with Crippen LogP contribution in [-0.4, -0.2) is 20.6 Å². The topological polar surface area (TPSA) is 99.3 Å². The summed E-state index contributed by atoms with van der Waals surface area (Å²) in [7, 11) is 0.983. The van der Waals surface area contributed by atoms with E-state index in [-0.39, 0.29) is 11.4 Å². The summed E-state index contributed by atoms with van der Waals surface area (Å²) in [5, 5.41) is 16.5. The lowest BCUT2D eigenvalue weighted by molar-refractivity contribution is -0.384. The van der Waals surface area contributed by atoms with E-state index in [9.17, 15) is 28.1 Å². The minimum absolute atomic E-state index is 0.00470. The van der Waals surface area contributed by atoms with Crippen LogP contribution in [0.1, 0.15) is 16.2 Å². The van der Waals surface area contributed by atoms with Gasteiger partial charge in [0.1, 0.15) is 16.5 Å². The molecule has 0 fully saturated rings. The molecule has 0 aliphatic heterocycles. The van der Waals surface area contributed by atoms with E-state index in [1.54, 1.807) is 0 Å². The third-order valence-corrected chi connectivity index (χ3v) is 4.49. The van der Waals surface area contributed by atoms with Crippen LogP contribution in [-0.2, 0) is 13.2 Å². The number of aryl methyl sites for hydroxylation is 1. The fraction of sp³-hybridized carbons (Fsp3) is 0.111. The van der Waals surface area contributed by atoms with Crippen molar-refractivity contribution in [2.24, 2.45) is 7.05 Å². The molecule has 8 nitrogen and oxygen atoms in total. The molecule has 0 aliphatic carbocycles. The molecule has 1 aromatic heterocycles. The normalized spacial score (nSPS) is 11.3. The van der Waals surface area contributed by atoms with Gasteiger partial charge in [-0.25, -0.2) is 0 Å². The van der Waals surface area contributed by atoms with Crippen molar-refractivity contribution in [1.82, 2.24) is 9.78 Å². The van der Waals surface area contributed by atoms with Crippen LogP contribution in [0, 0.1) is 10.1 Å². The first-order valence-corrected chi connectivity index (χ1v) is 9.05. The third-order valence-electron chi connectivity index (χ3n) is 3.88. The van der Waals surface area contributed by atoms with E-state index in [1.807, 2.05) is 0 Å². The number of rotatable bonds is 5. The highest BCUT2D eigenvalue weighted by Gasteiger charge is 2.40. The lowest BCUT2D eigenvalue weighted by atomic mass is 10.2. The molecule has 0 radical (unpaired) electrons. The Bertz CT molecular complexity index is 1160. The van der Waals surface area contributed by atoms with Gasteiger partial charge in [0.05, 0.1) is 16.7 Å². The summed E-state index contributed by atoms with van der Waals surface area (Å²) in [4.78, 5) is 23.0. The number of hydrogen-bond acceptors (Lipinski definition) is 5. The maximum Gasteiger partial charge on any atom is 0.434 e. The number of anilines is 1. The van der Waals surface area contributed by atoms with Crippen LogP contribution >= 0.6 is 23.2 Å². The molecule has 0 aliphatic rings. The van der Waals surface area contributed by atoms with Crippen molar-refractivity contribution in [3.05, 3.63) is 74.0 Å². The number of non-ortho nitro benzene ring substituents is 1. The number of ether oxygens (including phenoxy) is 1. The van der Waals surface area contributed by atoms with Gasteiger partial charge >= 0.3 is 6.18 Å². The third kappa shape index (κ3) is 5.06. The Morgan fingerprint density at radius 1 is 1.16 bits per heavy atom. The smallest absolute Gasteiger partial charge is 0.434 e. The molecule has 162 valence electrons. The average molecular weight is 475 g/mol. The zero-order valence-corrected chi connectivity index (χ0v) is 16.9. The molecular formula is C18H11Cl2F3N4O4. The monoisotopic (exact) mass is 474 g/mol. The quantitative estimate of drug-likeness (QED) is 0.377. The van der Waals surface area contributed by atoms with Crippen LogP contribution in [0.15, 0.2) is 42.5 Å². The second-order valence-electron chi connectivity index (χ2n) is 6.12. The Kier molecular flexibility index (Phi) is 6.09. The molecule has 31 heavy (non-hydrogen) atoms. The predicted molar refractivity (Wildman–Crippen MR) is 106 cm³/mol. The lowest BCUT2D eigenvalue weighted by Gasteiger charge is -2.09. The predicted octanol–water partition coefficient (Wildman–Crippen LogP) is 5.70. The second kappa shape index (κ2) is 8.44. The molecule has 3 aromatic rings. The number of benzene rings is 2. The highest BCUT2D eigenvalue weighted by molar-refractivity contribution is 6.34. The first-order chi connectivity index (χ1) is 14.5. The molecule has 1 N–H and O–H groups in total. The Hall–Kier alpha value is -3.31. The van der Waals surface area contributed by atoms with Crippen molar-refractivity contribution in [2.75, 3.05) is 5.32 Å². The van der Waals surface area contributed by atoms with E-state index in [0.29, 0.717) is 15.5 Å². The number of hydrogen-bond donors (Lipinski definition) is 1. The summed E-state index contributed by atoms with van der Waals surface area (Å²) in [5.41, 5.74) is -2.53. The van der Waals surface area contributed by atoms with E-state index in [2.05, 4.69) is 10.4 Å². The van der Waals surface area contributed by atoms with E-state index in [1.165, 1.54) is 30.3 Å². The molecule has 13 heteroatoms. The zero-order chi connectivity index (χ0) is 22.9. The van der Waals surface area contributed by atoms with E-state index in [0.717, 1.165) is 19.2 Å². The van der Waals surface area contributed by atoms with E-state index >= 15 is 0 Å². The summed E-state index contributed by atoms with van der Waals surface area (Å²) < 4.78 is 45.2. The van der Waals surface area contributed by atoms with Gasteiger partial charge in [0.2, 0.25) is 0 Å². The Morgan fingerprint density at radius 3 is 2.35 bits per heavy atom. The van der Waals surface area contributed by atoms with Crippen LogP contribution in [0.4, 0.5) is 24.5 Å². The second-order valence-corrected chi connectivity index (χ2v) is 6.93. The van der Waals surface area contributed by atoms with Gasteiger partial charge in [0, 0.05) is 24.2 Å². The number of amides is 1. The Balaban J connectivity index is 1.92. The average Bonchev–Trinajstić information content (AvgIpc) is 2.98. The first-order valence-electron chi connectivity index (χ1n) is 8.29. The number of nitro benzene ring substituents is 1. The van der Waals surface area contributed by atoms with Crippen molar-refractivity contribution < 1.29 is 27.6 Å². The summed E-state index contributed by atoms with van der Waals surface area (Å²) >= 11 is 11.5. The first kappa shape index (κ1) is 22.4. The minimum atomic E-state index is -4.83. The van der Waals surface area contributed by atoms with Gasteiger partial charge in [-0.3, -0.25) is 19.6 Å². The van der Waals surface area contributed by atoms with Crippen LogP contribution in [0.3, 0.4) is 0 Å². The zero-order valence-electron chi connectivity index (χ0n) is 15.4. The van der Waals surface area contributed by atoms with Gasteiger partial charge in [0.15, 0.2) is 11.4 Å².